The summed E-state index contributed by atoms with van der Waals surface area (Å²) in [6.07, 6.45) is 0.804. The average molecular weight is 506 g/mol. The third-order valence-electron chi connectivity index (χ3n) is 6.53. The Kier molecular flexibility index (Phi) is 5.06. The van der Waals surface area contributed by atoms with Crippen LogP contribution in [0.4, 0.5) is 19.0 Å². The zero-order valence-corrected chi connectivity index (χ0v) is 18.7. The number of benzene rings is 1. The van der Waals surface area contributed by atoms with E-state index in [0.29, 0.717) is 30.6 Å². The van der Waals surface area contributed by atoms with Crippen molar-refractivity contribution in [2.75, 3.05) is 31.6 Å². The van der Waals surface area contributed by atoms with Gasteiger partial charge in [0.05, 0.1) is 21.1 Å². The van der Waals surface area contributed by atoms with Crippen LogP contribution in [-0.2, 0) is 0 Å². The van der Waals surface area contributed by atoms with E-state index in [1.54, 1.807) is 18.0 Å². The fourth-order valence-corrected chi connectivity index (χ4v) is 5.32. The summed E-state index contributed by atoms with van der Waals surface area (Å²) in [5, 5.41) is 0.569. The molecular formula is C20H21BrClF3N4O. The van der Waals surface area contributed by atoms with Crippen LogP contribution in [-0.4, -0.2) is 65.5 Å². The van der Waals surface area contributed by atoms with E-state index in [1.165, 1.54) is 0 Å². The Balaban J connectivity index is 1.52. The highest BCUT2D eigenvalue weighted by molar-refractivity contribution is 9.10. The molecule has 162 valence electrons. The Bertz CT molecular complexity index is 1010. The second kappa shape index (κ2) is 7.38. The van der Waals surface area contributed by atoms with Gasteiger partial charge in [-0.3, -0.25) is 4.90 Å². The summed E-state index contributed by atoms with van der Waals surface area (Å²) in [5.41, 5.74) is -0.326. The van der Waals surface area contributed by atoms with Crippen molar-refractivity contribution in [2.45, 2.75) is 49.6 Å². The smallest absolute Gasteiger partial charge is 0.319 e. The van der Waals surface area contributed by atoms with Gasteiger partial charge in [0, 0.05) is 31.8 Å². The lowest BCUT2D eigenvalue weighted by molar-refractivity contribution is 0.107. The number of ether oxygens (including phenoxy) is 1. The van der Waals surface area contributed by atoms with Crippen LogP contribution >= 0.6 is 27.5 Å². The van der Waals surface area contributed by atoms with Crippen LogP contribution in [0.3, 0.4) is 0 Å². The van der Waals surface area contributed by atoms with Crippen LogP contribution in [0.1, 0.15) is 25.7 Å². The van der Waals surface area contributed by atoms with Gasteiger partial charge < -0.3 is 9.64 Å². The molecule has 5 rings (SSSR count). The van der Waals surface area contributed by atoms with Gasteiger partial charge in [0.15, 0.2) is 5.82 Å². The molecule has 30 heavy (non-hydrogen) atoms. The Hall–Kier alpha value is -1.32. The maximum Gasteiger partial charge on any atom is 0.319 e. The fourth-order valence-electron chi connectivity index (χ4n) is 4.83. The molecular weight excluding hydrogens is 485 g/mol. The summed E-state index contributed by atoms with van der Waals surface area (Å²) < 4.78 is 48.7. The predicted molar refractivity (Wildman–Crippen MR) is 112 cm³/mol. The summed E-state index contributed by atoms with van der Waals surface area (Å²) >= 11 is 9.29. The van der Waals surface area contributed by atoms with Gasteiger partial charge in [-0.25, -0.2) is 13.2 Å². The standard InChI is InChI=1S/C20H21BrClF3N4O/c1-28(14-6-13(14)24)18-11-5-12(22)15(21)16(25)17(11)26-19(27-18)30-9-20-3-2-4-29(20)8-10(23)7-20/h5,10,13-14H,2-4,6-9H2,1H3/t10-,13+,14+,20+/m1/s1. The minimum Gasteiger partial charge on any atom is -0.461 e. The Morgan fingerprint density at radius 2 is 2.17 bits per heavy atom. The SMILES string of the molecule is CN(c1nc(OC[C@@]23CCCN2C[C@H](F)C3)nc2c(F)c(Br)c(Cl)cc12)[C@H]1C[C@@H]1F. The first kappa shape index (κ1) is 20.6. The molecule has 3 aliphatic rings. The van der Waals surface area contributed by atoms with Gasteiger partial charge in [-0.2, -0.15) is 9.97 Å². The second-order valence-corrected chi connectivity index (χ2v) is 9.71. The first-order chi connectivity index (χ1) is 14.3. The summed E-state index contributed by atoms with van der Waals surface area (Å²) in [7, 11) is 1.71. The molecule has 0 amide bonds. The highest BCUT2D eigenvalue weighted by Crippen LogP contribution is 2.42. The van der Waals surface area contributed by atoms with Gasteiger partial charge in [-0.05, 0) is 41.4 Å². The Morgan fingerprint density at radius 3 is 2.90 bits per heavy atom. The third-order valence-corrected chi connectivity index (χ3v) is 7.83. The minimum atomic E-state index is -0.953. The molecule has 1 saturated carbocycles. The maximum atomic E-state index is 15.0. The average Bonchev–Trinajstić information content (AvgIpc) is 3.19. The molecule has 0 spiro atoms. The molecule has 0 N–H and O–H groups in total. The number of fused-ring (bicyclic) bond motifs is 2. The van der Waals surface area contributed by atoms with Crippen molar-refractivity contribution in [3.8, 4) is 6.01 Å². The predicted octanol–water partition coefficient (Wildman–Crippen LogP) is 4.69. The first-order valence-corrected chi connectivity index (χ1v) is 11.2. The monoisotopic (exact) mass is 504 g/mol. The third kappa shape index (κ3) is 3.33. The van der Waals surface area contributed by atoms with Gasteiger partial charge in [0.25, 0.3) is 0 Å². The number of hydrogen-bond donors (Lipinski definition) is 0. The molecule has 2 aliphatic heterocycles. The van der Waals surface area contributed by atoms with E-state index < -0.39 is 18.2 Å². The summed E-state index contributed by atoms with van der Waals surface area (Å²) in [6.45, 7) is 1.49. The number of alkyl halides is 2. The molecule has 2 saturated heterocycles. The van der Waals surface area contributed by atoms with Crippen molar-refractivity contribution in [3.63, 3.8) is 0 Å². The zero-order valence-electron chi connectivity index (χ0n) is 16.3. The van der Waals surface area contributed by atoms with Gasteiger partial charge in [0.2, 0.25) is 0 Å². The molecule has 0 bridgehead atoms. The van der Waals surface area contributed by atoms with Crippen molar-refractivity contribution < 1.29 is 17.9 Å². The second-order valence-electron chi connectivity index (χ2n) is 8.51. The first-order valence-electron chi connectivity index (χ1n) is 10.0. The van der Waals surface area contributed by atoms with Gasteiger partial charge in [0.1, 0.15) is 30.3 Å². The van der Waals surface area contributed by atoms with Crippen molar-refractivity contribution in [1.29, 1.82) is 0 Å². The number of rotatable bonds is 5. The Labute approximate surface area is 185 Å². The van der Waals surface area contributed by atoms with Gasteiger partial charge in [-0.1, -0.05) is 11.6 Å². The molecule has 4 atom stereocenters. The van der Waals surface area contributed by atoms with E-state index >= 15 is 0 Å². The summed E-state index contributed by atoms with van der Waals surface area (Å²) in [5.74, 6) is -0.263. The lowest BCUT2D eigenvalue weighted by atomic mass is 9.95. The number of hydrogen-bond acceptors (Lipinski definition) is 5. The van der Waals surface area contributed by atoms with E-state index in [2.05, 4.69) is 30.8 Å². The fraction of sp³-hybridized carbons (Fsp3) is 0.600. The van der Waals surface area contributed by atoms with E-state index in [-0.39, 0.29) is 39.2 Å². The quantitative estimate of drug-likeness (QED) is 0.552. The molecule has 1 aromatic carbocycles. The highest BCUT2D eigenvalue weighted by Gasteiger charge is 2.49. The molecule has 1 aliphatic carbocycles. The summed E-state index contributed by atoms with van der Waals surface area (Å²) in [6, 6.07) is 1.24. The van der Waals surface area contributed by atoms with E-state index in [0.717, 1.165) is 19.4 Å². The molecule has 1 aromatic heterocycles. The van der Waals surface area contributed by atoms with Crippen LogP contribution in [0, 0.1) is 5.82 Å². The highest BCUT2D eigenvalue weighted by atomic mass is 79.9. The number of nitrogens with zero attached hydrogens (tertiary/aromatic N) is 4. The largest absolute Gasteiger partial charge is 0.461 e. The number of aromatic nitrogens is 2. The van der Waals surface area contributed by atoms with Crippen LogP contribution < -0.4 is 9.64 Å². The number of halogens is 5. The topological polar surface area (TPSA) is 41.5 Å². The van der Waals surface area contributed by atoms with E-state index in [4.69, 9.17) is 16.3 Å². The van der Waals surface area contributed by atoms with Crippen molar-refractivity contribution in [3.05, 3.63) is 21.4 Å². The molecule has 10 heteroatoms. The van der Waals surface area contributed by atoms with Crippen LogP contribution in [0.25, 0.3) is 10.9 Å². The minimum absolute atomic E-state index is 0.00272. The van der Waals surface area contributed by atoms with E-state index in [1.807, 2.05) is 0 Å². The normalized spacial score (nSPS) is 30.7. The van der Waals surface area contributed by atoms with Gasteiger partial charge >= 0.3 is 6.01 Å². The molecule has 5 nitrogen and oxygen atoms in total. The van der Waals surface area contributed by atoms with Crippen LogP contribution in [0.2, 0.25) is 5.02 Å². The maximum absolute atomic E-state index is 15.0. The molecule has 0 unspecified atom stereocenters. The van der Waals surface area contributed by atoms with E-state index in [9.17, 15) is 13.2 Å². The van der Waals surface area contributed by atoms with Crippen molar-refractivity contribution >= 4 is 44.3 Å². The van der Waals surface area contributed by atoms with Crippen LogP contribution in [0.5, 0.6) is 6.01 Å². The molecule has 0 radical (unpaired) electrons. The molecule has 2 aromatic rings. The lowest BCUT2D eigenvalue weighted by Crippen LogP contribution is -2.43. The van der Waals surface area contributed by atoms with Crippen molar-refractivity contribution in [1.82, 2.24) is 14.9 Å². The Morgan fingerprint density at radius 1 is 1.40 bits per heavy atom. The lowest BCUT2D eigenvalue weighted by Gasteiger charge is -2.31. The molecule has 3 heterocycles. The summed E-state index contributed by atoms with van der Waals surface area (Å²) in [4.78, 5) is 12.6. The zero-order chi connectivity index (χ0) is 21.2. The van der Waals surface area contributed by atoms with Crippen molar-refractivity contribution in [2.24, 2.45) is 0 Å². The van der Waals surface area contributed by atoms with Crippen LogP contribution in [0.15, 0.2) is 10.5 Å². The van der Waals surface area contributed by atoms with Gasteiger partial charge in [-0.15, -0.1) is 0 Å². The number of anilines is 1. The molecule has 3 fully saturated rings.